The summed E-state index contributed by atoms with van der Waals surface area (Å²) in [4.78, 5) is 42.9. The van der Waals surface area contributed by atoms with Crippen molar-refractivity contribution in [2.24, 2.45) is 0 Å². The zero-order valence-electron chi connectivity index (χ0n) is 22.2. The molecule has 3 N–H and O–H groups in total. The Bertz CT molecular complexity index is 1190. The number of carboxylic acids is 2. The zero-order chi connectivity index (χ0) is 29.2. The third kappa shape index (κ3) is 12.2. The molecule has 0 aromatic heterocycles. The molecule has 0 radical (unpaired) electrons. The molecule has 40 heavy (non-hydrogen) atoms. The summed E-state index contributed by atoms with van der Waals surface area (Å²) in [5.41, 5.74) is 3.20. The highest BCUT2D eigenvalue weighted by atomic mass is 16.6. The van der Waals surface area contributed by atoms with Gasteiger partial charge in [0.15, 0.2) is 12.4 Å². The fraction of sp³-hybridized carbons (Fsp3) is 0.226. The number of ketones is 1. The standard InChI is InChI=1S/C27H29NO4.C4H4O4/c1-2-31-27(30)20-32-24-15-13-23(14-16-24)26(29)17-18-28-19-25(21-9-5-3-6-10-21)22-11-7-4-8-12-22;5-3(6)1-2-4(7)8/h3-16,25,28H,2,17-20H2,1H3;1-2H,(H,5,6)(H,7,8)/b;2-1+. The molecule has 0 atom stereocenters. The zero-order valence-corrected chi connectivity index (χ0v) is 22.2. The van der Waals surface area contributed by atoms with E-state index in [-0.39, 0.29) is 18.3 Å². The van der Waals surface area contributed by atoms with E-state index < -0.39 is 17.9 Å². The van der Waals surface area contributed by atoms with Gasteiger partial charge < -0.3 is 29.8 Å². The topological polar surface area (TPSA) is 147 Å². The fourth-order valence-electron chi connectivity index (χ4n) is 3.72. The number of benzene rings is 3. The lowest BCUT2D eigenvalue weighted by atomic mass is 9.91. The molecule has 210 valence electrons. The molecule has 0 bridgehead atoms. The number of nitrogens with two attached hydrogens (primary N) is 1. The van der Waals surface area contributed by atoms with Crippen molar-refractivity contribution in [3.8, 4) is 5.75 Å². The first-order valence-corrected chi connectivity index (χ1v) is 12.7. The molecule has 0 aliphatic carbocycles. The highest BCUT2D eigenvalue weighted by Crippen LogP contribution is 2.22. The number of ether oxygens (including phenoxy) is 2. The average molecular weight is 548 g/mol. The maximum absolute atomic E-state index is 12.6. The van der Waals surface area contributed by atoms with E-state index in [1.54, 1.807) is 31.2 Å². The van der Waals surface area contributed by atoms with Crippen molar-refractivity contribution >= 4 is 23.7 Å². The van der Waals surface area contributed by atoms with Gasteiger partial charge in [-0.1, -0.05) is 60.7 Å². The van der Waals surface area contributed by atoms with Crippen LogP contribution in [-0.2, 0) is 19.1 Å². The summed E-state index contributed by atoms with van der Waals surface area (Å²) in [6.07, 6.45) is 1.40. The van der Waals surface area contributed by atoms with Crippen LogP contribution in [0, 0.1) is 0 Å². The van der Waals surface area contributed by atoms with Crippen molar-refractivity contribution in [1.29, 1.82) is 0 Å². The molecule has 0 fully saturated rings. The molecule has 3 aromatic carbocycles. The summed E-state index contributed by atoms with van der Waals surface area (Å²) < 4.78 is 10.2. The highest BCUT2D eigenvalue weighted by Gasteiger charge is 2.16. The van der Waals surface area contributed by atoms with Crippen LogP contribution >= 0.6 is 0 Å². The Morgan fingerprint density at radius 2 is 1.45 bits per heavy atom. The minimum absolute atomic E-state index is 0.0918. The third-order valence-corrected chi connectivity index (χ3v) is 5.58. The minimum atomic E-state index is -1.51. The Labute approximate surface area is 233 Å². The van der Waals surface area contributed by atoms with Gasteiger partial charge >= 0.3 is 11.9 Å². The van der Waals surface area contributed by atoms with Crippen molar-refractivity contribution in [2.75, 3.05) is 26.3 Å². The third-order valence-electron chi connectivity index (χ3n) is 5.58. The molecular weight excluding hydrogens is 514 g/mol. The Morgan fingerprint density at radius 3 is 1.93 bits per heavy atom. The lowest BCUT2D eigenvalue weighted by Crippen LogP contribution is -2.85. The van der Waals surface area contributed by atoms with Crippen molar-refractivity contribution in [2.45, 2.75) is 19.3 Å². The van der Waals surface area contributed by atoms with Gasteiger partial charge in [0.05, 0.1) is 38.0 Å². The molecule has 3 rings (SSSR count). The predicted molar refractivity (Wildman–Crippen MR) is 146 cm³/mol. The maximum atomic E-state index is 12.6. The molecule has 0 saturated carbocycles. The van der Waals surface area contributed by atoms with Crippen molar-refractivity contribution < 1.29 is 44.2 Å². The number of rotatable bonds is 14. The molecular formula is C31H33NO8. The summed E-state index contributed by atoms with van der Waals surface area (Å²) in [7, 11) is 0. The first-order valence-electron chi connectivity index (χ1n) is 12.7. The first kappa shape index (κ1) is 31.5. The van der Waals surface area contributed by atoms with E-state index in [0.717, 1.165) is 13.1 Å². The number of quaternary nitrogens is 1. The van der Waals surface area contributed by atoms with E-state index in [9.17, 15) is 24.3 Å². The van der Waals surface area contributed by atoms with Crippen LogP contribution in [0.15, 0.2) is 97.1 Å². The Hall–Kier alpha value is -4.76. The van der Waals surface area contributed by atoms with Crippen LogP contribution in [0.25, 0.3) is 0 Å². The summed E-state index contributed by atoms with van der Waals surface area (Å²) >= 11 is 0. The summed E-state index contributed by atoms with van der Waals surface area (Å²) in [6, 6.07) is 27.8. The molecule has 0 spiro atoms. The Morgan fingerprint density at radius 1 is 0.875 bits per heavy atom. The number of carbonyl (C=O) groups is 4. The molecule has 0 saturated heterocycles. The van der Waals surface area contributed by atoms with Crippen LogP contribution < -0.4 is 15.2 Å². The molecule has 0 aliphatic rings. The van der Waals surface area contributed by atoms with Crippen LogP contribution in [0.4, 0.5) is 0 Å². The van der Waals surface area contributed by atoms with Crippen LogP contribution in [0.3, 0.4) is 0 Å². The van der Waals surface area contributed by atoms with E-state index in [4.69, 9.17) is 14.6 Å². The number of hydrogen-bond donors (Lipinski definition) is 2. The second-order valence-electron chi connectivity index (χ2n) is 8.47. The summed E-state index contributed by atoms with van der Waals surface area (Å²) in [5.74, 6) is -2.30. The van der Waals surface area contributed by atoms with Crippen molar-refractivity contribution in [1.82, 2.24) is 0 Å². The highest BCUT2D eigenvalue weighted by molar-refractivity contribution is 5.96. The minimum Gasteiger partial charge on any atom is -0.545 e. The van der Waals surface area contributed by atoms with Gasteiger partial charge in [-0.25, -0.2) is 9.59 Å². The molecule has 0 heterocycles. The van der Waals surface area contributed by atoms with Crippen LogP contribution in [0.1, 0.15) is 40.7 Å². The molecule has 9 heteroatoms. The van der Waals surface area contributed by atoms with Gasteiger partial charge in [-0.3, -0.25) is 4.79 Å². The lowest BCUT2D eigenvalue weighted by Gasteiger charge is -2.16. The SMILES string of the molecule is CCOC(=O)COc1ccc(C(=O)CC[NH2+]CC(c2ccccc2)c2ccccc2)cc1.O=C([O-])/C=C/C(=O)O. The van der Waals surface area contributed by atoms with E-state index in [1.807, 2.05) is 12.1 Å². The number of hydrogen-bond acceptors (Lipinski definition) is 7. The van der Waals surface area contributed by atoms with Gasteiger partial charge in [0.1, 0.15) is 5.75 Å². The van der Waals surface area contributed by atoms with Crippen molar-refractivity contribution in [3.05, 3.63) is 114 Å². The van der Waals surface area contributed by atoms with Gasteiger partial charge in [-0.15, -0.1) is 0 Å². The molecule has 0 unspecified atom stereocenters. The number of carbonyl (C=O) groups excluding carboxylic acids is 3. The first-order chi connectivity index (χ1) is 19.3. The van der Waals surface area contributed by atoms with Crippen LogP contribution in [-0.4, -0.2) is 55.1 Å². The average Bonchev–Trinajstić information content (AvgIpc) is 2.96. The lowest BCUT2D eigenvalue weighted by molar-refractivity contribution is -0.654. The molecule has 0 aliphatic heterocycles. The largest absolute Gasteiger partial charge is 0.545 e. The summed E-state index contributed by atoms with van der Waals surface area (Å²) in [5, 5.41) is 19.4. The number of Topliss-reactive ketones (excluding diaryl/α,β-unsaturated/α-hetero) is 1. The van der Waals surface area contributed by atoms with Gasteiger partial charge in [0.2, 0.25) is 0 Å². The normalized spacial score (nSPS) is 10.4. The van der Waals surface area contributed by atoms with E-state index in [1.165, 1.54) is 11.1 Å². The van der Waals surface area contributed by atoms with Gasteiger partial charge in [-0.2, -0.15) is 0 Å². The molecule has 0 amide bonds. The maximum Gasteiger partial charge on any atom is 0.344 e. The fourth-order valence-corrected chi connectivity index (χ4v) is 3.72. The second kappa shape index (κ2) is 17.7. The van der Waals surface area contributed by atoms with E-state index >= 15 is 0 Å². The summed E-state index contributed by atoms with van der Waals surface area (Å²) in [6.45, 7) is 3.53. The number of carboxylic acid groups (broad SMARTS) is 2. The van der Waals surface area contributed by atoms with Gasteiger partial charge in [0, 0.05) is 11.6 Å². The quantitative estimate of drug-likeness (QED) is 0.135. The number of aliphatic carboxylic acids is 2. The van der Waals surface area contributed by atoms with Crippen LogP contribution in [0.5, 0.6) is 5.75 Å². The van der Waals surface area contributed by atoms with Gasteiger partial charge in [-0.05, 0) is 48.4 Å². The molecule has 9 nitrogen and oxygen atoms in total. The molecule has 3 aromatic rings. The Balaban J connectivity index is 0.000000611. The van der Waals surface area contributed by atoms with E-state index in [2.05, 4.69) is 53.8 Å². The van der Waals surface area contributed by atoms with Gasteiger partial charge in [0.25, 0.3) is 0 Å². The smallest absolute Gasteiger partial charge is 0.344 e. The Kier molecular flexibility index (Phi) is 13.9. The van der Waals surface area contributed by atoms with E-state index in [0.29, 0.717) is 36.5 Å². The predicted octanol–water partition coefficient (Wildman–Crippen LogP) is 1.97. The second-order valence-corrected chi connectivity index (χ2v) is 8.47. The van der Waals surface area contributed by atoms with Crippen molar-refractivity contribution in [3.63, 3.8) is 0 Å². The van der Waals surface area contributed by atoms with Crippen LogP contribution in [0.2, 0.25) is 0 Å². The number of esters is 1. The monoisotopic (exact) mass is 547 g/mol.